The highest BCUT2D eigenvalue weighted by atomic mass is 32.2. The van der Waals surface area contributed by atoms with Gasteiger partial charge in [-0.15, -0.1) is 23.1 Å². The monoisotopic (exact) mass is 294 g/mol. The molecule has 0 aliphatic carbocycles. The van der Waals surface area contributed by atoms with Gasteiger partial charge in [-0.2, -0.15) is 0 Å². The Balaban J connectivity index is 1.89. The van der Waals surface area contributed by atoms with Crippen molar-refractivity contribution in [3.63, 3.8) is 0 Å². The van der Waals surface area contributed by atoms with Crippen LogP contribution in [0.4, 0.5) is 5.13 Å². The number of thiazole rings is 1. The average Bonchev–Trinajstić information content (AvgIpc) is 2.89. The summed E-state index contributed by atoms with van der Waals surface area (Å²) in [4.78, 5) is 27.1. The molecule has 0 saturated heterocycles. The van der Waals surface area contributed by atoms with Gasteiger partial charge in [0.05, 0.1) is 11.3 Å². The third-order valence-electron chi connectivity index (χ3n) is 2.13. The lowest BCUT2D eigenvalue weighted by Gasteiger charge is -2.03. The molecule has 1 aromatic carbocycles. The van der Waals surface area contributed by atoms with Crippen LogP contribution < -0.4 is 5.32 Å². The maximum atomic E-state index is 11.6. The summed E-state index contributed by atoms with van der Waals surface area (Å²) >= 11 is 2.63. The number of nitrogens with zero attached hydrogens (tertiary/aromatic N) is 1. The van der Waals surface area contributed by atoms with E-state index in [-0.39, 0.29) is 17.2 Å². The number of nitrogens with one attached hydrogen (secondary N) is 1. The number of hydrogen-bond donors (Lipinski definition) is 2. The number of hydrogen-bond acceptors (Lipinski definition) is 5. The van der Waals surface area contributed by atoms with Gasteiger partial charge in [-0.05, 0) is 18.2 Å². The fraction of sp³-hybridized carbons (Fsp3) is 0.0833. The highest BCUT2D eigenvalue weighted by Crippen LogP contribution is 2.20. The Morgan fingerprint density at radius 2 is 2.26 bits per heavy atom. The number of aromatic carboxylic acids is 1. The molecular formula is C12H10N2O3S2. The molecule has 0 unspecified atom stereocenters. The lowest BCUT2D eigenvalue weighted by Crippen LogP contribution is -2.13. The summed E-state index contributed by atoms with van der Waals surface area (Å²) in [6.45, 7) is 0. The smallest absolute Gasteiger partial charge is 0.335 e. The van der Waals surface area contributed by atoms with Crippen LogP contribution in [0, 0.1) is 0 Å². The van der Waals surface area contributed by atoms with Crippen molar-refractivity contribution < 1.29 is 14.7 Å². The van der Waals surface area contributed by atoms with E-state index >= 15 is 0 Å². The van der Waals surface area contributed by atoms with Crippen molar-refractivity contribution in [2.45, 2.75) is 4.90 Å². The van der Waals surface area contributed by atoms with Gasteiger partial charge >= 0.3 is 5.97 Å². The number of amides is 1. The molecule has 1 amide bonds. The van der Waals surface area contributed by atoms with Crippen LogP contribution in [0.3, 0.4) is 0 Å². The third kappa shape index (κ3) is 4.08. The summed E-state index contributed by atoms with van der Waals surface area (Å²) in [5, 5.41) is 13.9. The van der Waals surface area contributed by atoms with Crippen molar-refractivity contribution in [1.82, 2.24) is 4.98 Å². The van der Waals surface area contributed by atoms with Crippen LogP contribution >= 0.6 is 23.1 Å². The molecule has 98 valence electrons. The zero-order chi connectivity index (χ0) is 13.7. The maximum absolute atomic E-state index is 11.6. The highest BCUT2D eigenvalue weighted by molar-refractivity contribution is 8.00. The minimum absolute atomic E-state index is 0.166. The minimum atomic E-state index is -0.977. The van der Waals surface area contributed by atoms with Gasteiger partial charge < -0.3 is 10.4 Å². The van der Waals surface area contributed by atoms with Crippen LogP contribution in [-0.4, -0.2) is 27.7 Å². The van der Waals surface area contributed by atoms with E-state index in [0.717, 1.165) is 4.90 Å². The van der Waals surface area contributed by atoms with E-state index in [2.05, 4.69) is 10.3 Å². The van der Waals surface area contributed by atoms with Gasteiger partial charge in [0.15, 0.2) is 5.13 Å². The largest absolute Gasteiger partial charge is 0.478 e. The lowest BCUT2D eigenvalue weighted by molar-refractivity contribution is -0.113. The van der Waals surface area contributed by atoms with Gasteiger partial charge in [-0.25, -0.2) is 9.78 Å². The molecule has 0 saturated carbocycles. The Bertz CT molecular complexity index is 584. The molecule has 7 heteroatoms. The average molecular weight is 294 g/mol. The predicted molar refractivity (Wildman–Crippen MR) is 74.9 cm³/mol. The standard InChI is InChI=1S/C12H10N2O3S2/c15-10(14-12-13-4-5-18-12)7-19-9-3-1-2-8(6-9)11(16)17/h1-6H,7H2,(H,16,17)(H,13,14,15). The van der Waals surface area contributed by atoms with Crippen LogP contribution in [0.5, 0.6) is 0 Å². The first kappa shape index (κ1) is 13.6. The Labute approximate surface area is 117 Å². The van der Waals surface area contributed by atoms with Crippen molar-refractivity contribution >= 4 is 40.1 Å². The normalized spacial score (nSPS) is 10.1. The van der Waals surface area contributed by atoms with Crippen LogP contribution in [0.2, 0.25) is 0 Å². The fourth-order valence-electron chi connectivity index (χ4n) is 1.31. The first-order valence-corrected chi connectivity index (χ1v) is 7.17. The molecule has 0 spiro atoms. The Hall–Kier alpha value is -1.86. The zero-order valence-corrected chi connectivity index (χ0v) is 11.3. The summed E-state index contributed by atoms with van der Waals surface area (Å²) in [7, 11) is 0. The van der Waals surface area contributed by atoms with Gasteiger partial charge in [-0.3, -0.25) is 4.79 Å². The van der Waals surface area contributed by atoms with Gasteiger partial charge in [-0.1, -0.05) is 6.07 Å². The van der Waals surface area contributed by atoms with Gasteiger partial charge in [0.25, 0.3) is 0 Å². The Morgan fingerprint density at radius 1 is 1.42 bits per heavy atom. The second-order valence-corrected chi connectivity index (χ2v) is 5.45. The number of rotatable bonds is 5. The molecule has 0 aliphatic rings. The van der Waals surface area contributed by atoms with E-state index in [1.165, 1.54) is 29.2 Å². The molecule has 2 N–H and O–H groups in total. The molecule has 1 aromatic heterocycles. The predicted octanol–water partition coefficient (Wildman–Crippen LogP) is 2.57. The number of thioether (sulfide) groups is 1. The van der Waals surface area contributed by atoms with Crippen molar-refractivity contribution in [3.8, 4) is 0 Å². The minimum Gasteiger partial charge on any atom is -0.478 e. The molecule has 0 bridgehead atoms. The summed E-state index contributed by atoms with van der Waals surface area (Å²) in [6, 6.07) is 6.49. The van der Waals surface area contributed by atoms with Crippen molar-refractivity contribution in [3.05, 3.63) is 41.4 Å². The van der Waals surface area contributed by atoms with E-state index in [1.54, 1.807) is 29.8 Å². The topological polar surface area (TPSA) is 79.3 Å². The number of carbonyl (C=O) groups excluding carboxylic acids is 1. The van der Waals surface area contributed by atoms with Gasteiger partial charge in [0, 0.05) is 16.5 Å². The molecule has 19 heavy (non-hydrogen) atoms. The van der Waals surface area contributed by atoms with Crippen molar-refractivity contribution in [1.29, 1.82) is 0 Å². The number of benzene rings is 1. The summed E-state index contributed by atoms with van der Waals surface area (Å²) in [5.74, 6) is -0.932. The lowest BCUT2D eigenvalue weighted by atomic mass is 10.2. The number of carbonyl (C=O) groups is 2. The van der Waals surface area contributed by atoms with Crippen molar-refractivity contribution in [2.24, 2.45) is 0 Å². The quantitative estimate of drug-likeness (QED) is 0.829. The highest BCUT2D eigenvalue weighted by Gasteiger charge is 2.07. The summed E-state index contributed by atoms with van der Waals surface area (Å²) in [5.41, 5.74) is 0.213. The molecule has 0 atom stereocenters. The van der Waals surface area contributed by atoms with E-state index in [1.807, 2.05) is 0 Å². The molecule has 0 radical (unpaired) electrons. The van der Waals surface area contributed by atoms with Crippen LogP contribution in [-0.2, 0) is 4.79 Å². The van der Waals surface area contributed by atoms with E-state index in [0.29, 0.717) is 5.13 Å². The second-order valence-electron chi connectivity index (χ2n) is 3.51. The van der Waals surface area contributed by atoms with Crippen LogP contribution in [0.25, 0.3) is 0 Å². The fourth-order valence-corrected chi connectivity index (χ4v) is 2.61. The molecule has 2 rings (SSSR count). The number of carboxylic acids is 1. The molecule has 0 fully saturated rings. The van der Waals surface area contributed by atoms with Crippen LogP contribution in [0.1, 0.15) is 10.4 Å². The Morgan fingerprint density at radius 3 is 2.95 bits per heavy atom. The second kappa shape index (κ2) is 6.35. The van der Waals surface area contributed by atoms with E-state index in [9.17, 15) is 9.59 Å². The van der Waals surface area contributed by atoms with Gasteiger partial charge in [0.1, 0.15) is 0 Å². The Kier molecular flexibility index (Phi) is 4.53. The maximum Gasteiger partial charge on any atom is 0.335 e. The van der Waals surface area contributed by atoms with Crippen LogP contribution in [0.15, 0.2) is 40.7 Å². The first-order chi connectivity index (χ1) is 9.15. The van der Waals surface area contributed by atoms with E-state index in [4.69, 9.17) is 5.11 Å². The van der Waals surface area contributed by atoms with E-state index < -0.39 is 5.97 Å². The molecule has 0 aliphatic heterocycles. The summed E-state index contributed by atoms with van der Waals surface area (Å²) in [6.07, 6.45) is 1.61. The molecule has 2 aromatic rings. The SMILES string of the molecule is O=C(CSc1cccc(C(=O)O)c1)Nc1nccs1. The molecular weight excluding hydrogens is 284 g/mol. The zero-order valence-electron chi connectivity index (χ0n) is 9.70. The first-order valence-electron chi connectivity index (χ1n) is 5.30. The van der Waals surface area contributed by atoms with Gasteiger partial charge in [0.2, 0.25) is 5.91 Å². The third-order valence-corrected chi connectivity index (χ3v) is 3.81. The number of carboxylic acid groups (broad SMARTS) is 1. The number of anilines is 1. The molecule has 1 heterocycles. The molecule has 5 nitrogen and oxygen atoms in total. The summed E-state index contributed by atoms with van der Waals surface area (Å²) < 4.78 is 0. The van der Waals surface area contributed by atoms with Crippen molar-refractivity contribution in [2.75, 3.05) is 11.1 Å². The number of aromatic nitrogens is 1.